The quantitative estimate of drug-likeness (QED) is 0.342. The third-order valence-corrected chi connectivity index (χ3v) is 2.47. The number of unbranched alkanes of at least 4 members (excludes halogenated alkanes) is 3. The third-order valence-electron chi connectivity index (χ3n) is 2.47. The fourth-order valence-corrected chi connectivity index (χ4v) is 1.49. The fraction of sp³-hybridized carbons (Fsp3) is 0.500. The number of anilines is 1. The average Bonchev–Trinajstić information content (AvgIpc) is 2.30. The first-order valence-electron chi connectivity index (χ1n) is 5.82. The predicted molar refractivity (Wildman–Crippen MR) is 67.1 cm³/mol. The summed E-state index contributed by atoms with van der Waals surface area (Å²) in [7, 11) is 0. The number of nitrogens with two attached hydrogens (primary N) is 1. The monoisotopic (exact) mass is 238 g/mol. The number of hydrogen-bond acceptors (Lipinski definition) is 4. The Morgan fingerprint density at radius 1 is 1.35 bits per heavy atom. The molecule has 1 aromatic rings. The standard InChI is InChI=1S/C12H18N2O3/c1-2-3-4-5-8-17-10-6-7-11(13)12(9-10)14(15)16/h6-7,9H,2-5,8,13H2,1H3. The lowest BCUT2D eigenvalue weighted by Gasteiger charge is -2.06. The zero-order valence-electron chi connectivity index (χ0n) is 10.0. The summed E-state index contributed by atoms with van der Waals surface area (Å²) >= 11 is 0. The molecule has 94 valence electrons. The first-order chi connectivity index (χ1) is 8.15. The molecule has 0 aromatic heterocycles. The molecule has 17 heavy (non-hydrogen) atoms. The van der Waals surface area contributed by atoms with E-state index in [2.05, 4.69) is 6.92 Å². The van der Waals surface area contributed by atoms with Gasteiger partial charge in [-0.25, -0.2) is 0 Å². The molecule has 0 heterocycles. The van der Waals surface area contributed by atoms with Crippen molar-refractivity contribution < 1.29 is 9.66 Å². The van der Waals surface area contributed by atoms with E-state index in [0.29, 0.717) is 12.4 Å². The first kappa shape index (κ1) is 13.3. The second-order valence-corrected chi connectivity index (χ2v) is 3.89. The molecule has 0 saturated heterocycles. The van der Waals surface area contributed by atoms with Gasteiger partial charge in [0, 0.05) is 0 Å². The third kappa shape index (κ3) is 4.30. The summed E-state index contributed by atoms with van der Waals surface area (Å²) in [5, 5.41) is 10.7. The molecule has 0 bridgehead atoms. The van der Waals surface area contributed by atoms with Crippen molar-refractivity contribution in [1.29, 1.82) is 0 Å². The molecular weight excluding hydrogens is 220 g/mol. The molecule has 0 amide bonds. The van der Waals surface area contributed by atoms with Crippen LogP contribution in [-0.4, -0.2) is 11.5 Å². The zero-order valence-corrected chi connectivity index (χ0v) is 10.0. The summed E-state index contributed by atoms with van der Waals surface area (Å²) in [5.74, 6) is 0.502. The average molecular weight is 238 g/mol. The molecule has 0 aliphatic carbocycles. The van der Waals surface area contributed by atoms with Crippen LogP contribution in [0, 0.1) is 10.1 Å². The molecule has 1 rings (SSSR count). The van der Waals surface area contributed by atoms with Gasteiger partial charge in [-0.15, -0.1) is 0 Å². The van der Waals surface area contributed by atoms with E-state index in [0.717, 1.165) is 12.8 Å². The highest BCUT2D eigenvalue weighted by molar-refractivity contribution is 5.60. The number of nitro groups is 1. The SMILES string of the molecule is CCCCCCOc1ccc(N)c([N+](=O)[O-])c1. The van der Waals surface area contributed by atoms with Crippen molar-refractivity contribution in [3.8, 4) is 5.75 Å². The Morgan fingerprint density at radius 3 is 2.76 bits per heavy atom. The number of ether oxygens (including phenoxy) is 1. The molecule has 0 aliphatic heterocycles. The Morgan fingerprint density at radius 2 is 2.12 bits per heavy atom. The van der Waals surface area contributed by atoms with E-state index in [1.54, 1.807) is 6.07 Å². The summed E-state index contributed by atoms with van der Waals surface area (Å²) in [4.78, 5) is 10.2. The lowest BCUT2D eigenvalue weighted by atomic mass is 10.2. The molecule has 5 nitrogen and oxygen atoms in total. The molecule has 0 aliphatic rings. The molecule has 5 heteroatoms. The number of benzene rings is 1. The van der Waals surface area contributed by atoms with Crippen LogP contribution in [0.1, 0.15) is 32.6 Å². The van der Waals surface area contributed by atoms with E-state index in [1.807, 2.05) is 0 Å². The van der Waals surface area contributed by atoms with E-state index in [4.69, 9.17) is 10.5 Å². The topological polar surface area (TPSA) is 78.4 Å². The normalized spacial score (nSPS) is 10.2. The van der Waals surface area contributed by atoms with Crippen molar-refractivity contribution in [2.45, 2.75) is 32.6 Å². The van der Waals surface area contributed by atoms with Gasteiger partial charge in [0.05, 0.1) is 17.6 Å². The van der Waals surface area contributed by atoms with Gasteiger partial charge in [-0.3, -0.25) is 10.1 Å². The fourth-order valence-electron chi connectivity index (χ4n) is 1.49. The molecule has 2 N–H and O–H groups in total. The van der Waals surface area contributed by atoms with Gasteiger partial charge in [0.2, 0.25) is 0 Å². The Labute approximate surface area is 101 Å². The number of nitrogens with zero attached hydrogens (tertiary/aromatic N) is 1. The van der Waals surface area contributed by atoms with Crippen LogP contribution in [0.3, 0.4) is 0 Å². The molecule has 0 fully saturated rings. The largest absolute Gasteiger partial charge is 0.493 e. The Hall–Kier alpha value is -1.78. The van der Waals surface area contributed by atoms with E-state index < -0.39 is 4.92 Å². The lowest BCUT2D eigenvalue weighted by Crippen LogP contribution is -2.00. The van der Waals surface area contributed by atoms with Gasteiger partial charge in [0.15, 0.2) is 0 Å². The maximum absolute atomic E-state index is 10.7. The highest BCUT2D eigenvalue weighted by atomic mass is 16.6. The van der Waals surface area contributed by atoms with Crippen LogP contribution in [-0.2, 0) is 0 Å². The maximum Gasteiger partial charge on any atom is 0.295 e. The second-order valence-electron chi connectivity index (χ2n) is 3.89. The summed E-state index contributed by atoms with van der Waals surface area (Å²) in [5.41, 5.74) is 5.55. The molecule has 0 radical (unpaired) electrons. The summed E-state index contributed by atoms with van der Waals surface area (Å²) < 4.78 is 5.44. The second kappa shape index (κ2) is 6.73. The van der Waals surface area contributed by atoms with Crippen molar-refractivity contribution in [3.05, 3.63) is 28.3 Å². The molecule has 0 unspecified atom stereocenters. The van der Waals surface area contributed by atoms with Crippen LogP contribution >= 0.6 is 0 Å². The highest BCUT2D eigenvalue weighted by Gasteiger charge is 2.12. The van der Waals surface area contributed by atoms with Crippen LogP contribution < -0.4 is 10.5 Å². The van der Waals surface area contributed by atoms with Crippen molar-refractivity contribution in [1.82, 2.24) is 0 Å². The summed E-state index contributed by atoms with van der Waals surface area (Å²) in [6.45, 7) is 2.73. The van der Waals surface area contributed by atoms with E-state index in [1.165, 1.54) is 25.0 Å². The predicted octanol–water partition coefficient (Wildman–Crippen LogP) is 3.14. The Balaban J connectivity index is 2.49. The zero-order chi connectivity index (χ0) is 12.7. The van der Waals surface area contributed by atoms with Gasteiger partial charge in [-0.2, -0.15) is 0 Å². The van der Waals surface area contributed by atoms with Gasteiger partial charge >= 0.3 is 0 Å². The van der Waals surface area contributed by atoms with Crippen molar-refractivity contribution in [3.63, 3.8) is 0 Å². The van der Waals surface area contributed by atoms with Gasteiger partial charge in [-0.05, 0) is 18.6 Å². The number of hydrogen-bond donors (Lipinski definition) is 1. The van der Waals surface area contributed by atoms with Gasteiger partial charge in [0.25, 0.3) is 5.69 Å². The maximum atomic E-state index is 10.7. The molecule has 0 saturated carbocycles. The van der Waals surface area contributed by atoms with Gasteiger partial charge in [-0.1, -0.05) is 26.2 Å². The van der Waals surface area contributed by atoms with E-state index in [-0.39, 0.29) is 11.4 Å². The van der Waals surface area contributed by atoms with Crippen molar-refractivity contribution >= 4 is 11.4 Å². The molecule has 0 spiro atoms. The Bertz CT molecular complexity index is 380. The molecule has 1 aromatic carbocycles. The number of rotatable bonds is 7. The van der Waals surface area contributed by atoms with Crippen LogP contribution in [0.4, 0.5) is 11.4 Å². The summed E-state index contributed by atoms with van der Waals surface area (Å²) in [6.07, 6.45) is 4.44. The lowest BCUT2D eigenvalue weighted by molar-refractivity contribution is -0.384. The number of nitrogen functional groups attached to an aromatic ring is 1. The smallest absolute Gasteiger partial charge is 0.295 e. The summed E-state index contributed by atoms with van der Waals surface area (Å²) in [6, 6.07) is 4.52. The van der Waals surface area contributed by atoms with Crippen LogP contribution in [0.5, 0.6) is 5.75 Å². The van der Waals surface area contributed by atoms with E-state index >= 15 is 0 Å². The Kier molecular flexibility index (Phi) is 5.26. The minimum absolute atomic E-state index is 0.101. The first-order valence-corrected chi connectivity index (χ1v) is 5.82. The highest BCUT2D eigenvalue weighted by Crippen LogP contribution is 2.26. The minimum Gasteiger partial charge on any atom is -0.493 e. The van der Waals surface area contributed by atoms with Crippen LogP contribution in [0.15, 0.2) is 18.2 Å². The van der Waals surface area contributed by atoms with Crippen LogP contribution in [0.25, 0.3) is 0 Å². The van der Waals surface area contributed by atoms with Gasteiger partial charge < -0.3 is 10.5 Å². The van der Waals surface area contributed by atoms with Gasteiger partial charge in [0.1, 0.15) is 11.4 Å². The van der Waals surface area contributed by atoms with Crippen molar-refractivity contribution in [2.75, 3.05) is 12.3 Å². The molecule has 0 atom stereocenters. The van der Waals surface area contributed by atoms with Crippen molar-refractivity contribution in [2.24, 2.45) is 0 Å². The van der Waals surface area contributed by atoms with Crippen LogP contribution in [0.2, 0.25) is 0 Å². The molecular formula is C12H18N2O3. The minimum atomic E-state index is -0.501. The van der Waals surface area contributed by atoms with E-state index in [9.17, 15) is 10.1 Å². The number of nitro benzene ring substituents is 1.